The van der Waals surface area contributed by atoms with Crippen LogP contribution in [0.5, 0.6) is 5.75 Å². The van der Waals surface area contributed by atoms with Crippen molar-refractivity contribution in [1.29, 1.82) is 0 Å². The first-order valence-electron chi connectivity index (χ1n) is 7.64. The van der Waals surface area contributed by atoms with Gasteiger partial charge < -0.3 is 20.3 Å². The summed E-state index contributed by atoms with van der Waals surface area (Å²) in [6.45, 7) is 0.766. The van der Waals surface area contributed by atoms with Crippen LogP contribution in [0.25, 0.3) is 0 Å². The number of likely N-dealkylation sites (N-methyl/N-ethyl adjacent to an activating group) is 1. The minimum atomic E-state index is 0.334. The van der Waals surface area contributed by atoms with Gasteiger partial charge in [-0.25, -0.2) is 0 Å². The number of thiocarbonyl (C=S) groups is 1. The third kappa shape index (κ3) is 5.23. The maximum Gasteiger partial charge on any atom is 0.171 e. The van der Waals surface area contributed by atoms with Gasteiger partial charge in [-0.1, -0.05) is 36.4 Å². The number of nitrogens with one attached hydrogen (secondary N) is 3. The molecule has 0 unspecified atom stereocenters. The maximum atomic E-state index is 5.40. The summed E-state index contributed by atoms with van der Waals surface area (Å²) in [6, 6.07) is 18.5. The van der Waals surface area contributed by atoms with Gasteiger partial charge in [0.2, 0.25) is 0 Å². The van der Waals surface area contributed by atoms with Crippen LogP contribution in [0.3, 0.4) is 0 Å². The summed E-state index contributed by atoms with van der Waals surface area (Å²) in [7, 11) is 5.95. The van der Waals surface area contributed by atoms with Crippen LogP contribution in [0.15, 0.2) is 54.6 Å². The van der Waals surface area contributed by atoms with Crippen LogP contribution in [0.1, 0.15) is 11.6 Å². The molecule has 1 atom stereocenters. The second kappa shape index (κ2) is 8.50. The lowest BCUT2D eigenvalue weighted by Crippen LogP contribution is -3.07. The molecule has 0 spiro atoms. The van der Waals surface area contributed by atoms with Crippen molar-refractivity contribution in [1.82, 2.24) is 5.32 Å². The van der Waals surface area contributed by atoms with E-state index in [1.54, 1.807) is 7.11 Å². The average molecular weight is 330 g/mol. The van der Waals surface area contributed by atoms with E-state index in [0.29, 0.717) is 11.2 Å². The Labute approximate surface area is 143 Å². The predicted molar refractivity (Wildman–Crippen MR) is 99.2 cm³/mol. The number of benzene rings is 2. The first-order chi connectivity index (χ1) is 11.1. The first kappa shape index (κ1) is 17.2. The molecule has 0 radical (unpaired) electrons. The fraction of sp³-hybridized carbons (Fsp3) is 0.278. The first-order valence-corrected chi connectivity index (χ1v) is 8.05. The van der Waals surface area contributed by atoms with Gasteiger partial charge in [-0.15, -0.1) is 0 Å². The minimum absolute atomic E-state index is 0.334. The normalized spacial score (nSPS) is 11.8. The van der Waals surface area contributed by atoms with Crippen LogP contribution in [0.2, 0.25) is 0 Å². The van der Waals surface area contributed by atoms with E-state index in [-0.39, 0.29) is 0 Å². The number of rotatable bonds is 6. The van der Waals surface area contributed by atoms with E-state index in [9.17, 15) is 0 Å². The highest BCUT2D eigenvalue weighted by atomic mass is 32.1. The Morgan fingerprint density at radius 1 is 1.13 bits per heavy atom. The molecule has 2 rings (SSSR count). The van der Waals surface area contributed by atoms with Gasteiger partial charge in [0, 0.05) is 17.3 Å². The van der Waals surface area contributed by atoms with Crippen LogP contribution >= 0.6 is 12.2 Å². The second-order valence-corrected chi connectivity index (χ2v) is 6.02. The molecular weight excluding hydrogens is 306 g/mol. The van der Waals surface area contributed by atoms with Crippen molar-refractivity contribution in [3.8, 4) is 5.75 Å². The molecule has 0 saturated carbocycles. The number of ether oxygens (including phenoxy) is 1. The van der Waals surface area contributed by atoms with Gasteiger partial charge in [0.25, 0.3) is 0 Å². The molecule has 3 N–H and O–H groups in total. The highest BCUT2D eigenvalue weighted by Gasteiger charge is 2.17. The number of quaternary nitrogens is 1. The van der Waals surface area contributed by atoms with Crippen molar-refractivity contribution in [3.63, 3.8) is 0 Å². The lowest BCUT2D eigenvalue weighted by atomic mass is 10.1. The molecule has 23 heavy (non-hydrogen) atoms. The van der Waals surface area contributed by atoms with Crippen molar-refractivity contribution in [2.75, 3.05) is 33.1 Å². The van der Waals surface area contributed by atoms with Crippen LogP contribution in [-0.4, -0.2) is 32.9 Å². The SMILES string of the molecule is COc1cccc(NC(=S)NC[C@@H](c2ccccc2)[NH+](C)C)c1. The monoisotopic (exact) mass is 330 g/mol. The van der Waals surface area contributed by atoms with Crippen LogP contribution < -0.4 is 20.3 Å². The van der Waals surface area contributed by atoms with E-state index in [4.69, 9.17) is 17.0 Å². The Kier molecular flexibility index (Phi) is 6.38. The Morgan fingerprint density at radius 2 is 1.87 bits per heavy atom. The molecule has 0 aliphatic heterocycles. The van der Waals surface area contributed by atoms with Crippen LogP contribution in [0.4, 0.5) is 5.69 Å². The van der Waals surface area contributed by atoms with E-state index >= 15 is 0 Å². The summed E-state index contributed by atoms with van der Waals surface area (Å²) in [6.07, 6.45) is 0. The Morgan fingerprint density at radius 3 is 2.52 bits per heavy atom. The highest BCUT2D eigenvalue weighted by molar-refractivity contribution is 7.80. The van der Waals surface area contributed by atoms with E-state index in [2.05, 4.69) is 49.0 Å². The van der Waals surface area contributed by atoms with Gasteiger partial charge in [-0.3, -0.25) is 0 Å². The molecule has 0 saturated heterocycles. The summed E-state index contributed by atoms with van der Waals surface area (Å²) in [4.78, 5) is 1.35. The van der Waals surface area contributed by atoms with Gasteiger partial charge in [0.1, 0.15) is 11.8 Å². The van der Waals surface area contributed by atoms with Gasteiger partial charge in [-0.05, 0) is 24.4 Å². The molecule has 2 aromatic carbocycles. The summed E-state index contributed by atoms with van der Waals surface area (Å²) in [5.41, 5.74) is 2.21. The van der Waals surface area contributed by atoms with Crippen molar-refractivity contribution < 1.29 is 9.64 Å². The maximum absolute atomic E-state index is 5.40. The fourth-order valence-corrected chi connectivity index (χ4v) is 2.61. The third-order valence-electron chi connectivity index (χ3n) is 3.69. The zero-order valence-corrected chi connectivity index (χ0v) is 14.6. The molecule has 0 aromatic heterocycles. The fourth-order valence-electron chi connectivity index (χ4n) is 2.41. The van der Waals surface area contributed by atoms with Crippen molar-refractivity contribution >= 4 is 23.0 Å². The topological polar surface area (TPSA) is 37.7 Å². The number of hydrogen-bond acceptors (Lipinski definition) is 2. The zero-order chi connectivity index (χ0) is 16.7. The molecule has 0 amide bonds. The van der Waals surface area contributed by atoms with Crippen LogP contribution in [-0.2, 0) is 0 Å². The van der Waals surface area contributed by atoms with Crippen LogP contribution in [0, 0.1) is 0 Å². The molecule has 0 bridgehead atoms. The van der Waals surface area contributed by atoms with E-state index < -0.39 is 0 Å². The molecule has 0 aliphatic carbocycles. The highest BCUT2D eigenvalue weighted by Crippen LogP contribution is 2.16. The van der Waals surface area contributed by atoms with Gasteiger partial charge in [0.15, 0.2) is 5.11 Å². The van der Waals surface area contributed by atoms with Crippen molar-refractivity contribution in [2.45, 2.75) is 6.04 Å². The molecule has 5 heteroatoms. The van der Waals surface area contributed by atoms with Crippen molar-refractivity contribution in [3.05, 3.63) is 60.2 Å². The van der Waals surface area contributed by atoms with Gasteiger partial charge >= 0.3 is 0 Å². The Bertz CT molecular complexity index is 631. The lowest BCUT2D eigenvalue weighted by Gasteiger charge is -2.23. The standard InChI is InChI=1S/C18H23N3OS/c1-21(2)17(14-8-5-4-6-9-14)13-19-18(23)20-15-10-7-11-16(12-15)22-3/h4-12,17H,13H2,1-3H3,(H2,19,20,23)/p+1/t17-/m0/s1. The lowest BCUT2D eigenvalue weighted by molar-refractivity contribution is -0.890. The Hall–Kier alpha value is -2.11. The largest absolute Gasteiger partial charge is 0.497 e. The van der Waals surface area contributed by atoms with E-state index in [1.807, 2.05) is 30.3 Å². The zero-order valence-electron chi connectivity index (χ0n) is 13.8. The third-order valence-corrected chi connectivity index (χ3v) is 3.94. The quantitative estimate of drug-likeness (QED) is 0.707. The summed E-state index contributed by atoms with van der Waals surface area (Å²) < 4.78 is 5.22. The summed E-state index contributed by atoms with van der Waals surface area (Å²) in [5, 5.41) is 7.11. The molecule has 0 fully saturated rings. The van der Waals surface area contributed by atoms with Crippen molar-refractivity contribution in [2.24, 2.45) is 0 Å². The summed E-state index contributed by atoms with van der Waals surface area (Å²) >= 11 is 5.40. The molecular formula is C18H24N3OS+. The van der Waals surface area contributed by atoms with E-state index in [1.165, 1.54) is 10.5 Å². The number of methoxy groups -OCH3 is 1. The predicted octanol–water partition coefficient (Wildman–Crippen LogP) is 1.87. The number of anilines is 1. The van der Waals surface area contributed by atoms with Gasteiger partial charge in [-0.2, -0.15) is 0 Å². The van der Waals surface area contributed by atoms with E-state index in [0.717, 1.165) is 18.0 Å². The Balaban J connectivity index is 1.94. The molecule has 2 aromatic rings. The van der Waals surface area contributed by atoms with Gasteiger partial charge in [0.05, 0.1) is 27.7 Å². The molecule has 0 aliphatic rings. The average Bonchev–Trinajstić information content (AvgIpc) is 2.56. The number of hydrogen-bond donors (Lipinski definition) is 3. The minimum Gasteiger partial charge on any atom is -0.497 e. The smallest absolute Gasteiger partial charge is 0.171 e. The molecule has 4 nitrogen and oxygen atoms in total. The summed E-state index contributed by atoms with van der Waals surface area (Å²) in [5.74, 6) is 0.803. The second-order valence-electron chi connectivity index (χ2n) is 5.61. The molecule has 0 heterocycles. The molecule has 122 valence electrons.